The van der Waals surface area contributed by atoms with Crippen molar-refractivity contribution in [3.8, 4) is 5.75 Å². The summed E-state index contributed by atoms with van der Waals surface area (Å²) >= 11 is 1.27. The number of rotatable bonds is 2. The molecule has 7 heteroatoms. The van der Waals surface area contributed by atoms with E-state index in [9.17, 15) is 9.59 Å². The van der Waals surface area contributed by atoms with Gasteiger partial charge in [-0.2, -0.15) is 0 Å². The lowest BCUT2D eigenvalue weighted by Crippen LogP contribution is -2.56. The van der Waals surface area contributed by atoms with E-state index in [0.717, 1.165) is 0 Å². The number of hydrogen-bond acceptors (Lipinski definition) is 5. The van der Waals surface area contributed by atoms with E-state index in [2.05, 4.69) is 15.6 Å². The van der Waals surface area contributed by atoms with E-state index >= 15 is 0 Å². The number of benzene rings is 1. The quantitative estimate of drug-likeness (QED) is 0.827. The highest BCUT2D eigenvalue weighted by atomic mass is 32.1. The molecule has 0 spiro atoms. The Bertz CT molecular complexity index is 671. The number of carbonyl (C=O) groups excluding carboxylic acids is 2. The SMILES string of the molecule is CC1(C(=O)Nc2nccs2)Oc2ccccc2NC1=O. The van der Waals surface area contributed by atoms with Crippen LogP contribution in [0.3, 0.4) is 0 Å². The van der Waals surface area contributed by atoms with Crippen LogP contribution in [-0.4, -0.2) is 22.4 Å². The molecule has 2 heterocycles. The van der Waals surface area contributed by atoms with E-state index in [1.807, 2.05) is 0 Å². The first-order valence-electron chi connectivity index (χ1n) is 5.90. The Kier molecular flexibility index (Phi) is 2.90. The molecule has 2 aromatic rings. The van der Waals surface area contributed by atoms with E-state index < -0.39 is 17.4 Å². The summed E-state index contributed by atoms with van der Waals surface area (Å²) in [6.07, 6.45) is 1.57. The lowest BCUT2D eigenvalue weighted by atomic mass is 10.0. The van der Waals surface area contributed by atoms with E-state index in [1.54, 1.807) is 35.8 Å². The third-order valence-electron chi connectivity index (χ3n) is 2.97. The smallest absolute Gasteiger partial charge is 0.280 e. The Hall–Kier alpha value is -2.41. The third-order valence-corrected chi connectivity index (χ3v) is 3.66. The van der Waals surface area contributed by atoms with Crippen molar-refractivity contribution in [2.75, 3.05) is 10.6 Å². The van der Waals surface area contributed by atoms with Gasteiger partial charge in [0.15, 0.2) is 5.13 Å². The maximum absolute atomic E-state index is 12.3. The van der Waals surface area contributed by atoms with Crippen molar-refractivity contribution in [1.82, 2.24) is 4.98 Å². The van der Waals surface area contributed by atoms with Crippen LogP contribution in [0.5, 0.6) is 5.75 Å². The Labute approximate surface area is 118 Å². The summed E-state index contributed by atoms with van der Waals surface area (Å²) in [5, 5.41) is 7.40. The summed E-state index contributed by atoms with van der Waals surface area (Å²) in [6.45, 7) is 1.43. The Balaban J connectivity index is 1.88. The van der Waals surface area contributed by atoms with Crippen LogP contribution < -0.4 is 15.4 Å². The number of para-hydroxylation sites is 2. The predicted molar refractivity (Wildman–Crippen MR) is 74.8 cm³/mol. The van der Waals surface area contributed by atoms with Gasteiger partial charge < -0.3 is 10.1 Å². The first kappa shape index (κ1) is 12.6. The number of fused-ring (bicyclic) bond motifs is 1. The molecule has 0 fully saturated rings. The monoisotopic (exact) mass is 289 g/mol. The molecular weight excluding hydrogens is 278 g/mol. The van der Waals surface area contributed by atoms with Gasteiger partial charge in [0.2, 0.25) is 0 Å². The fourth-order valence-corrected chi connectivity index (χ4v) is 2.34. The van der Waals surface area contributed by atoms with Crippen LogP contribution in [-0.2, 0) is 9.59 Å². The highest BCUT2D eigenvalue weighted by molar-refractivity contribution is 7.13. The number of amides is 2. The minimum absolute atomic E-state index is 0.423. The molecule has 0 saturated carbocycles. The molecule has 1 aliphatic rings. The Morgan fingerprint density at radius 1 is 1.45 bits per heavy atom. The van der Waals surface area contributed by atoms with Crippen LogP contribution in [0, 0.1) is 0 Å². The fraction of sp³-hybridized carbons (Fsp3) is 0.154. The van der Waals surface area contributed by atoms with Gasteiger partial charge in [0, 0.05) is 11.6 Å². The molecule has 0 saturated heterocycles. The Morgan fingerprint density at radius 2 is 2.25 bits per heavy atom. The van der Waals surface area contributed by atoms with Crippen LogP contribution in [0.25, 0.3) is 0 Å². The average Bonchev–Trinajstić information content (AvgIpc) is 2.93. The number of nitrogens with one attached hydrogen (secondary N) is 2. The summed E-state index contributed by atoms with van der Waals surface area (Å²) in [6, 6.07) is 6.96. The summed E-state index contributed by atoms with van der Waals surface area (Å²) in [5.74, 6) is -0.603. The van der Waals surface area contributed by atoms with Gasteiger partial charge in [-0.15, -0.1) is 11.3 Å². The van der Waals surface area contributed by atoms with Crippen molar-refractivity contribution in [1.29, 1.82) is 0 Å². The van der Waals surface area contributed by atoms with Gasteiger partial charge in [-0.25, -0.2) is 4.98 Å². The molecule has 1 aromatic carbocycles. The second kappa shape index (κ2) is 4.61. The molecule has 1 aliphatic heterocycles. The van der Waals surface area contributed by atoms with E-state index in [-0.39, 0.29) is 0 Å². The topological polar surface area (TPSA) is 80.3 Å². The number of anilines is 2. The summed E-state index contributed by atoms with van der Waals surface area (Å²) in [7, 11) is 0. The van der Waals surface area contributed by atoms with Crippen LogP contribution >= 0.6 is 11.3 Å². The highest BCUT2D eigenvalue weighted by Gasteiger charge is 2.47. The lowest BCUT2D eigenvalue weighted by molar-refractivity contribution is -0.143. The Morgan fingerprint density at radius 3 is 3.00 bits per heavy atom. The van der Waals surface area contributed by atoms with Crippen molar-refractivity contribution in [3.05, 3.63) is 35.8 Å². The number of aromatic nitrogens is 1. The molecule has 3 rings (SSSR count). The summed E-state index contributed by atoms with van der Waals surface area (Å²) in [4.78, 5) is 28.4. The predicted octanol–water partition coefficient (Wildman–Crippen LogP) is 1.87. The number of ether oxygens (including phenoxy) is 1. The average molecular weight is 289 g/mol. The van der Waals surface area contributed by atoms with Crippen LogP contribution in [0.2, 0.25) is 0 Å². The molecule has 1 atom stereocenters. The fourth-order valence-electron chi connectivity index (χ4n) is 1.82. The van der Waals surface area contributed by atoms with Crippen molar-refractivity contribution < 1.29 is 14.3 Å². The zero-order valence-corrected chi connectivity index (χ0v) is 11.4. The van der Waals surface area contributed by atoms with Crippen molar-refractivity contribution in [3.63, 3.8) is 0 Å². The number of thiazole rings is 1. The standard InChI is InChI=1S/C13H11N3O3S/c1-13(11(18)16-12-14-6-7-20-12)10(17)15-8-4-2-3-5-9(8)19-13/h2-7H,1H3,(H,15,17)(H,14,16,18). The van der Waals surface area contributed by atoms with E-state index in [4.69, 9.17) is 4.74 Å². The molecule has 1 aromatic heterocycles. The van der Waals surface area contributed by atoms with E-state index in [1.165, 1.54) is 18.3 Å². The molecule has 0 aliphatic carbocycles. The molecule has 102 valence electrons. The number of nitrogens with zero attached hydrogens (tertiary/aromatic N) is 1. The zero-order chi connectivity index (χ0) is 14.2. The largest absolute Gasteiger partial charge is 0.466 e. The van der Waals surface area contributed by atoms with Crippen LogP contribution in [0.15, 0.2) is 35.8 Å². The normalized spacial score (nSPS) is 20.6. The lowest BCUT2D eigenvalue weighted by Gasteiger charge is -2.32. The van der Waals surface area contributed by atoms with Gasteiger partial charge in [0.05, 0.1) is 5.69 Å². The second-order valence-corrected chi connectivity index (χ2v) is 5.27. The maximum atomic E-state index is 12.3. The molecular formula is C13H11N3O3S. The van der Waals surface area contributed by atoms with Gasteiger partial charge in [0.1, 0.15) is 5.75 Å². The van der Waals surface area contributed by atoms with E-state index in [0.29, 0.717) is 16.6 Å². The first-order valence-corrected chi connectivity index (χ1v) is 6.78. The molecule has 0 radical (unpaired) electrons. The van der Waals surface area contributed by atoms with Crippen molar-refractivity contribution in [2.45, 2.75) is 12.5 Å². The number of hydrogen-bond donors (Lipinski definition) is 2. The van der Waals surface area contributed by atoms with Gasteiger partial charge in [-0.3, -0.25) is 14.9 Å². The molecule has 2 amide bonds. The maximum Gasteiger partial charge on any atom is 0.280 e. The molecule has 2 N–H and O–H groups in total. The minimum atomic E-state index is -1.62. The number of carbonyl (C=O) groups is 2. The first-order chi connectivity index (χ1) is 9.59. The van der Waals surface area contributed by atoms with Crippen molar-refractivity contribution >= 4 is 34.0 Å². The summed E-state index contributed by atoms with van der Waals surface area (Å²) < 4.78 is 5.60. The van der Waals surface area contributed by atoms with Gasteiger partial charge in [0.25, 0.3) is 17.4 Å². The molecule has 6 nitrogen and oxygen atoms in total. The highest BCUT2D eigenvalue weighted by Crippen LogP contribution is 2.33. The van der Waals surface area contributed by atoms with Gasteiger partial charge >= 0.3 is 0 Å². The van der Waals surface area contributed by atoms with Gasteiger partial charge in [-0.05, 0) is 19.1 Å². The third kappa shape index (κ3) is 2.01. The molecule has 20 heavy (non-hydrogen) atoms. The van der Waals surface area contributed by atoms with Crippen molar-refractivity contribution in [2.24, 2.45) is 0 Å². The zero-order valence-electron chi connectivity index (χ0n) is 10.5. The van der Waals surface area contributed by atoms with Crippen LogP contribution in [0.1, 0.15) is 6.92 Å². The second-order valence-electron chi connectivity index (χ2n) is 4.38. The van der Waals surface area contributed by atoms with Gasteiger partial charge in [-0.1, -0.05) is 12.1 Å². The molecule has 0 bridgehead atoms. The molecule has 1 unspecified atom stereocenters. The summed E-state index contributed by atoms with van der Waals surface area (Å²) in [5.41, 5.74) is -1.07. The van der Waals surface area contributed by atoms with Crippen LogP contribution in [0.4, 0.5) is 10.8 Å². The minimum Gasteiger partial charge on any atom is -0.466 e.